The standard InChI is InChI=1S/C27H29F4N5OS.2C2H6/c28-22-9-7-10-23(25(22)35-12-5-2-6-13-35)32-15-21-18-38-26(34-21)20-14-33-36(17-20)16-19-8-3-1-4-11-24(19)37-27(29,30)31;2*1-2/h1,3,7-11,14,17-18,26,32,34H,2,4-6,12-13,15-16H2;2*1-2H3. The number of rotatable bonds is 8. The Morgan fingerprint density at radius 1 is 1.12 bits per heavy atom. The third kappa shape index (κ3) is 9.34. The summed E-state index contributed by atoms with van der Waals surface area (Å²) in [6, 6.07) is 5.12. The van der Waals surface area contributed by atoms with Crippen LogP contribution in [0.15, 0.2) is 77.3 Å². The second kappa shape index (κ2) is 16.3. The Kier molecular flexibility index (Phi) is 12.9. The molecule has 0 saturated carbocycles. The number of thioether (sulfide) groups is 1. The number of halogens is 4. The molecule has 42 heavy (non-hydrogen) atoms. The lowest BCUT2D eigenvalue weighted by Crippen LogP contribution is -2.31. The van der Waals surface area contributed by atoms with Crippen molar-refractivity contribution in [1.29, 1.82) is 0 Å². The number of benzene rings is 1. The maximum Gasteiger partial charge on any atom is 0.573 e. The molecule has 1 fully saturated rings. The Morgan fingerprint density at radius 2 is 1.88 bits per heavy atom. The third-order valence-corrected chi connectivity index (χ3v) is 7.58. The van der Waals surface area contributed by atoms with Gasteiger partial charge in [-0.1, -0.05) is 52.0 Å². The maximum atomic E-state index is 14.7. The third-order valence-electron chi connectivity index (χ3n) is 6.49. The van der Waals surface area contributed by atoms with Crippen LogP contribution in [0.5, 0.6) is 0 Å². The van der Waals surface area contributed by atoms with E-state index < -0.39 is 6.36 Å². The van der Waals surface area contributed by atoms with Crippen LogP contribution in [0.1, 0.15) is 64.3 Å². The van der Waals surface area contributed by atoms with Gasteiger partial charge < -0.3 is 20.3 Å². The van der Waals surface area contributed by atoms with Gasteiger partial charge in [0.05, 0.1) is 30.7 Å². The van der Waals surface area contributed by atoms with Gasteiger partial charge in [0.25, 0.3) is 0 Å². The van der Waals surface area contributed by atoms with Gasteiger partial charge in [0.2, 0.25) is 0 Å². The molecule has 6 nitrogen and oxygen atoms in total. The number of anilines is 2. The first kappa shape index (κ1) is 33.2. The molecule has 3 heterocycles. The number of allylic oxidation sites excluding steroid dienone is 5. The van der Waals surface area contributed by atoms with Crippen molar-refractivity contribution in [3.63, 3.8) is 0 Å². The summed E-state index contributed by atoms with van der Waals surface area (Å²) in [5, 5.41) is 13.1. The highest BCUT2D eigenvalue weighted by Gasteiger charge is 2.33. The maximum absolute atomic E-state index is 14.7. The number of piperidine rings is 1. The van der Waals surface area contributed by atoms with Gasteiger partial charge in [-0.2, -0.15) is 5.10 Å². The first-order valence-corrected chi connectivity index (χ1v) is 15.5. The fourth-order valence-corrected chi connectivity index (χ4v) is 5.67. The lowest BCUT2D eigenvalue weighted by atomic mass is 10.1. The molecule has 0 radical (unpaired) electrons. The van der Waals surface area contributed by atoms with E-state index in [-0.39, 0.29) is 23.5 Å². The van der Waals surface area contributed by atoms with E-state index in [9.17, 15) is 17.6 Å². The van der Waals surface area contributed by atoms with Gasteiger partial charge in [-0.05, 0) is 49.3 Å². The highest BCUT2D eigenvalue weighted by Crippen LogP contribution is 2.36. The van der Waals surface area contributed by atoms with Crippen molar-refractivity contribution in [2.45, 2.75) is 71.7 Å². The molecule has 230 valence electrons. The van der Waals surface area contributed by atoms with Gasteiger partial charge >= 0.3 is 6.36 Å². The van der Waals surface area contributed by atoms with E-state index in [1.54, 1.807) is 46.9 Å². The van der Waals surface area contributed by atoms with Crippen molar-refractivity contribution in [2.75, 3.05) is 29.9 Å². The number of hydrogen-bond acceptors (Lipinski definition) is 6. The van der Waals surface area contributed by atoms with Gasteiger partial charge in [0, 0.05) is 36.1 Å². The van der Waals surface area contributed by atoms with Gasteiger partial charge in [0.1, 0.15) is 17.0 Å². The minimum atomic E-state index is -4.76. The number of alkyl halides is 3. The van der Waals surface area contributed by atoms with E-state index in [2.05, 4.69) is 25.4 Å². The van der Waals surface area contributed by atoms with E-state index in [1.165, 1.54) is 18.6 Å². The molecule has 3 aliphatic rings. The Morgan fingerprint density at radius 3 is 2.62 bits per heavy atom. The van der Waals surface area contributed by atoms with Crippen molar-refractivity contribution >= 4 is 23.1 Å². The van der Waals surface area contributed by atoms with Crippen LogP contribution in [-0.2, 0) is 11.3 Å². The molecule has 11 heteroatoms. The van der Waals surface area contributed by atoms with E-state index in [0.29, 0.717) is 24.2 Å². The van der Waals surface area contributed by atoms with E-state index >= 15 is 0 Å². The Hall–Kier alpha value is -3.34. The molecule has 1 aliphatic carbocycles. The molecule has 0 amide bonds. The van der Waals surface area contributed by atoms with Gasteiger partial charge in [-0.25, -0.2) is 4.39 Å². The Balaban J connectivity index is 0.00000116. The molecular weight excluding hydrogens is 566 g/mol. The molecule has 1 unspecified atom stereocenters. The van der Waals surface area contributed by atoms with Crippen LogP contribution >= 0.6 is 11.8 Å². The summed E-state index contributed by atoms with van der Waals surface area (Å²) in [7, 11) is 0. The molecule has 0 spiro atoms. The van der Waals surface area contributed by atoms with E-state index in [4.69, 9.17) is 0 Å². The van der Waals surface area contributed by atoms with Gasteiger partial charge in [0.15, 0.2) is 0 Å². The van der Waals surface area contributed by atoms with Crippen molar-refractivity contribution in [3.05, 3.63) is 88.7 Å². The Labute approximate surface area is 250 Å². The highest BCUT2D eigenvalue weighted by atomic mass is 32.2. The summed E-state index contributed by atoms with van der Waals surface area (Å²) in [5.74, 6) is -0.424. The molecule has 2 aliphatic heterocycles. The molecule has 2 aromatic rings. The minimum absolute atomic E-state index is 0.0842. The van der Waals surface area contributed by atoms with E-state index in [0.717, 1.165) is 42.9 Å². The lowest BCUT2D eigenvalue weighted by molar-refractivity contribution is -0.304. The highest BCUT2D eigenvalue weighted by molar-refractivity contribution is 8.02. The molecule has 2 N–H and O–H groups in total. The zero-order valence-electron chi connectivity index (χ0n) is 24.7. The molecule has 1 aromatic carbocycles. The average Bonchev–Trinajstić information content (AvgIpc) is 3.61. The number of para-hydroxylation sites is 1. The number of nitrogens with one attached hydrogen (secondary N) is 2. The normalized spacial score (nSPS) is 18.2. The Bertz CT molecular complexity index is 1260. The fraction of sp³-hybridized carbons (Fsp3) is 0.452. The van der Waals surface area contributed by atoms with Crippen LogP contribution in [0.3, 0.4) is 0 Å². The topological polar surface area (TPSA) is 54.4 Å². The molecule has 1 aromatic heterocycles. The van der Waals surface area contributed by atoms with Crippen LogP contribution in [0.25, 0.3) is 0 Å². The molecule has 5 rings (SSSR count). The van der Waals surface area contributed by atoms with Gasteiger partial charge in [-0.3, -0.25) is 4.68 Å². The van der Waals surface area contributed by atoms with Crippen LogP contribution in [0.4, 0.5) is 28.9 Å². The first-order chi connectivity index (χ1) is 20.4. The van der Waals surface area contributed by atoms with Crippen molar-refractivity contribution in [2.24, 2.45) is 0 Å². The van der Waals surface area contributed by atoms with Crippen molar-refractivity contribution in [3.8, 4) is 0 Å². The van der Waals surface area contributed by atoms with Gasteiger partial charge in [-0.15, -0.1) is 24.9 Å². The SMILES string of the molecule is CC.CC.Fc1cccc(NCC2=CSC(c3cnn(CC4=CC=CCC=C4OC(F)(F)F)c3)N2)c1N1CCCCC1. The van der Waals surface area contributed by atoms with Crippen LogP contribution in [0, 0.1) is 5.82 Å². The summed E-state index contributed by atoms with van der Waals surface area (Å²) < 4.78 is 59.1. The molecular formula is C31H41F4N5OS. The smallest absolute Gasteiger partial charge is 0.406 e. The number of nitrogens with zero attached hydrogens (tertiary/aromatic N) is 3. The molecule has 1 atom stereocenters. The second-order valence-corrected chi connectivity index (χ2v) is 10.3. The summed E-state index contributed by atoms with van der Waals surface area (Å²) >= 11 is 1.58. The number of aromatic nitrogens is 2. The quantitative estimate of drug-likeness (QED) is 0.293. The summed E-state index contributed by atoms with van der Waals surface area (Å²) in [6.45, 7) is 10.4. The average molecular weight is 608 g/mol. The predicted molar refractivity (Wildman–Crippen MR) is 164 cm³/mol. The number of ether oxygens (including phenoxy) is 1. The summed E-state index contributed by atoms with van der Waals surface area (Å²) in [6.07, 6.45) is 8.93. The minimum Gasteiger partial charge on any atom is -0.406 e. The van der Waals surface area contributed by atoms with E-state index in [1.807, 2.05) is 45.4 Å². The number of hydrogen-bond donors (Lipinski definition) is 2. The molecule has 0 bridgehead atoms. The van der Waals surface area contributed by atoms with Crippen LogP contribution < -0.4 is 15.5 Å². The summed E-state index contributed by atoms with van der Waals surface area (Å²) in [5.41, 5.74) is 3.64. The fourth-order valence-electron chi connectivity index (χ4n) is 4.72. The van der Waals surface area contributed by atoms with Crippen molar-refractivity contribution in [1.82, 2.24) is 15.1 Å². The zero-order chi connectivity index (χ0) is 30.5. The van der Waals surface area contributed by atoms with Crippen molar-refractivity contribution < 1.29 is 22.3 Å². The summed E-state index contributed by atoms with van der Waals surface area (Å²) in [4.78, 5) is 2.11. The molecule has 1 saturated heterocycles. The zero-order valence-corrected chi connectivity index (χ0v) is 25.5. The predicted octanol–water partition coefficient (Wildman–Crippen LogP) is 8.66. The van der Waals surface area contributed by atoms with Crippen LogP contribution in [0.2, 0.25) is 0 Å². The second-order valence-electron chi connectivity index (χ2n) is 9.28. The largest absolute Gasteiger partial charge is 0.573 e. The lowest BCUT2D eigenvalue weighted by Gasteiger charge is -2.31. The monoisotopic (exact) mass is 607 g/mol. The first-order valence-electron chi connectivity index (χ1n) is 14.6. The van der Waals surface area contributed by atoms with Crippen LogP contribution in [-0.4, -0.2) is 35.8 Å².